The molecule has 0 unspecified atom stereocenters. The number of halogens is 4. The first-order valence-corrected chi connectivity index (χ1v) is 11.8. The van der Waals surface area contributed by atoms with Crippen LogP contribution in [0.3, 0.4) is 0 Å². The summed E-state index contributed by atoms with van der Waals surface area (Å²) >= 11 is 24.0. The molecule has 10 heteroatoms. The molecule has 1 aliphatic rings. The Hall–Kier alpha value is -3.03. The van der Waals surface area contributed by atoms with Gasteiger partial charge in [0.2, 0.25) is 0 Å². The van der Waals surface area contributed by atoms with E-state index in [4.69, 9.17) is 46.4 Å². The summed E-state index contributed by atoms with van der Waals surface area (Å²) in [5, 5.41) is 6.89. The molecule has 3 aromatic rings. The zero-order chi connectivity index (χ0) is 25.1. The van der Waals surface area contributed by atoms with Crippen LogP contribution in [0.1, 0.15) is 21.5 Å². The van der Waals surface area contributed by atoms with Crippen molar-refractivity contribution in [3.63, 3.8) is 0 Å². The highest BCUT2D eigenvalue weighted by Gasteiger charge is 2.37. The monoisotopic (exact) mass is 547 g/mol. The highest BCUT2D eigenvalue weighted by molar-refractivity contribution is 6.47. The van der Waals surface area contributed by atoms with Crippen LogP contribution in [0.4, 0.5) is 5.69 Å². The first-order chi connectivity index (χ1) is 16.7. The summed E-state index contributed by atoms with van der Waals surface area (Å²) in [6.07, 6.45) is 0. The van der Waals surface area contributed by atoms with E-state index in [1.54, 1.807) is 66.7 Å². The van der Waals surface area contributed by atoms with Gasteiger partial charge in [0.1, 0.15) is 10.7 Å². The van der Waals surface area contributed by atoms with Crippen molar-refractivity contribution in [2.24, 2.45) is 0 Å². The van der Waals surface area contributed by atoms with Crippen molar-refractivity contribution in [1.82, 2.24) is 10.2 Å². The van der Waals surface area contributed by atoms with E-state index < -0.39 is 11.8 Å². The Balaban J connectivity index is 1.37. The van der Waals surface area contributed by atoms with Crippen molar-refractivity contribution < 1.29 is 14.4 Å². The molecule has 0 spiro atoms. The fourth-order valence-corrected chi connectivity index (χ4v) is 4.31. The first kappa shape index (κ1) is 25.1. The summed E-state index contributed by atoms with van der Waals surface area (Å²) in [5.74, 6) is -1.41. The Morgan fingerprint density at radius 1 is 0.743 bits per heavy atom. The molecule has 0 saturated heterocycles. The molecule has 0 atom stereocenters. The van der Waals surface area contributed by atoms with E-state index >= 15 is 0 Å². The van der Waals surface area contributed by atoms with Gasteiger partial charge in [-0.2, -0.15) is 0 Å². The minimum absolute atomic E-state index is 0.0327. The van der Waals surface area contributed by atoms with Gasteiger partial charge in [0.15, 0.2) is 0 Å². The van der Waals surface area contributed by atoms with Crippen LogP contribution >= 0.6 is 46.4 Å². The molecule has 1 aliphatic heterocycles. The van der Waals surface area contributed by atoms with Crippen LogP contribution in [0.5, 0.6) is 0 Å². The molecule has 6 nitrogen and oxygen atoms in total. The number of rotatable bonds is 7. The van der Waals surface area contributed by atoms with Crippen molar-refractivity contribution in [1.29, 1.82) is 0 Å². The summed E-state index contributed by atoms with van der Waals surface area (Å²) in [7, 11) is 0. The molecular weight excluding hydrogens is 532 g/mol. The maximum Gasteiger partial charge on any atom is 0.278 e. The average molecular weight is 549 g/mol. The number of carbonyl (C=O) groups excluding carboxylic acids is 3. The second-order valence-corrected chi connectivity index (χ2v) is 9.36. The average Bonchev–Trinajstić information content (AvgIpc) is 3.01. The fourth-order valence-electron chi connectivity index (χ4n) is 3.41. The smallest absolute Gasteiger partial charge is 0.278 e. The van der Waals surface area contributed by atoms with E-state index in [0.717, 1.165) is 16.0 Å². The number of nitrogens with one attached hydrogen (secondary N) is 2. The first-order valence-electron chi connectivity index (χ1n) is 10.3. The highest BCUT2D eigenvalue weighted by Crippen LogP contribution is 2.25. The molecule has 4 rings (SSSR count). The lowest BCUT2D eigenvalue weighted by molar-refractivity contribution is -0.138. The summed E-state index contributed by atoms with van der Waals surface area (Å²) in [6.45, 7) is 0.309. The number of nitrogens with zero attached hydrogens (tertiary/aromatic N) is 1. The van der Waals surface area contributed by atoms with E-state index in [1.807, 2.05) is 0 Å². The number of benzene rings is 3. The van der Waals surface area contributed by atoms with Crippen LogP contribution in [0, 0.1) is 0 Å². The fraction of sp³-hybridized carbons (Fsp3) is 0.0800. The molecule has 0 fully saturated rings. The summed E-state index contributed by atoms with van der Waals surface area (Å²) in [6, 6.07) is 18.3. The lowest BCUT2D eigenvalue weighted by Crippen LogP contribution is -2.33. The molecule has 1 heterocycles. The van der Waals surface area contributed by atoms with Crippen molar-refractivity contribution in [3.05, 3.63) is 109 Å². The zero-order valence-corrected chi connectivity index (χ0v) is 21.0. The number of imide groups is 1. The van der Waals surface area contributed by atoms with Crippen molar-refractivity contribution in [2.45, 2.75) is 13.1 Å². The zero-order valence-electron chi connectivity index (χ0n) is 17.9. The maximum atomic E-state index is 12.8. The topological polar surface area (TPSA) is 78.5 Å². The number of carbonyl (C=O) groups is 3. The molecular formula is C25H17Cl4N3O3. The molecule has 3 amide bonds. The van der Waals surface area contributed by atoms with Gasteiger partial charge in [0.25, 0.3) is 17.7 Å². The number of amides is 3. The predicted octanol–water partition coefficient (Wildman–Crippen LogP) is 6.01. The normalized spacial score (nSPS) is 13.4. The van der Waals surface area contributed by atoms with Crippen molar-refractivity contribution in [3.8, 4) is 0 Å². The SMILES string of the molecule is O=C(Nc1cc(Cl)cc(Cl)c1)c1ccc(CNC2=C(Cl)C(=O)N(Cc3ccc(Cl)cc3)C2=O)cc1. The van der Waals surface area contributed by atoms with Gasteiger partial charge < -0.3 is 10.6 Å². The second-order valence-electron chi connectivity index (χ2n) is 7.67. The maximum absolute atomic E-state index is 12.8. The quantitative estimate of drug-likeness (QED) is 0.354. The molecule has 178 valence electrons. The Labute approximate surface area is 221 Å². The lowest BCUT2D eigenvalue weighted by Gasteiger charge is -2.15. The standard InChI is InChI=1S/C25H17Cl4N3O3/c26-17-7-3-15(4-8-17)13-32-24(34)21(29)22(25(32)35)30-12-14-1-5-16(6-2-14)23(33)31-20-10-18(27)9-19(28)11-20/h1-11,30H,12-13H2,(H,31,33). The van der Waals surface area contributed by atoms with Gasteiger partial charge in [0.05, 0.1) is 6.54 Å². The molecule has 0 radical (unpaired) electrons. The van der Waals surface area contributed by atoms with E-state index in [9.17, 15) is 14.4 Å². The lowest BCUT2D eigenvalue weighted by atomic mass is 10.1. The van der Waals surface area contributed by atoms with Crippen LogP contribution in [-0.4, -0.2) is 22.6 Å². The van der Waals surface area contributed by atoms with Crippen molar-refractivity contribution in [2.75, 3.05) is 5.32 Å². The molecule has 35 heavy (non-hydrogen) atoms. The third-order valence-electron chi connectivity index (χ3n) is 5.17. The largest absolute Gasteiger partial charge is 0.375 e. The Kier molecular flexibility index (Phi) is 7.67. The predicted molar refractivity (Wildman–Crippen MR) is 138 cm³/mol. The summed E-state index contributed by atoms with van der Waals surface area (Å²) < 4.78 is 0. The van der Waals surface area contributed by atoms with Crippen molar-refractivity contribution >= 4 is 69.8 Å². The number of hydrogen-bond acceptors (Lipinski definition) is 4. The Morgan fingerprint density at radius 2 is 1.34 bits per heavy atom. The molecule has 2 N–H and O–H groups in total. The van der Waals surface area contributed by atoms with Crippen LogP contribution in [0.25, 0.3) is 0 Å². The minimum Gasteiger partial charge on any atom is -0.375 e. The van der Waals surface area contributed by atoms with Crippen LogP contribution in [-0.2, 0) is 22.7 Å². The summed E-state index contributed by atoms with van der Waals surface area (Å²) in [5.41, 5.74) is 2.46. The van der Waals surface area contributed by atoms with Gasteiger partial charge >= 0.3 is 0 Å². The van der Waals surface area contributed by atoms with Gasteiger partial charge in [-0.05, 0) is 53.6 Å². The minimum atomic E-state index is -0.567. The van der Waals surface area contributed by atoms with E-state index in [1.165, 1.54) is 0 Å². The molecule has 3 aromatic carbocycles. The van der Waals surface area contributed by atoms with Crippen LogP contribution in [0.2, 0.25) is 15.1 Å². The Morgan fingerprint density at radius 3 is 1.97 bits per heavy atom. The third-order valence-corrected chi connectivity index (χ3v) is 6.21. The second kappa shape index (κ2) is 10.7. The van der Waals surface area contributed by atoms with Gasteiger partial charge in [-0.25, -0.2) is 0 Å². The van der Waals surface area contributed by atoms with E-state index in [0.29, 0.717) is 26.3 Å². The highest BCUT2D eigenvalue weighted by atomic mass is 35.5. The van der Waals surface area contributed by atoms with Gasteiger partial charge in [-0.1, -0.05) is 70.7 Å². The number of hydrogen-bond donors (Lipinski definition) is 2. The van der Waals surface area contributed by atoms with Gasteiger partial charge in [-0.3, -0.25) is 19.3 Å². The molecule has 0 bridgehead atoms. The van der Waals surface area contributed by atoms with Crippen LogP contribution in [0.15, 0.2) is 77.5 Å². The van der Waals surface area contributed by atoms with E-state index in [-0.39, 0.29) is 29.7 Å². The number of anilines is 1. The van der Waals surface area contributed by atoms with Gasteiger partial charge in [0, 0.05) is 32.9 Å². The van der Waals surface area contributed by atoms with E-state index in [2.05, 4.69) is 10.6 Å². The van der Waals surface area contributed by atoms with Gasteiger partial charge in [-0.15, -0.1) is 0 Å². The Bertz CT molecular complexity index is 1320. The molecule has 0 aliphatic carbocycles. The summed E-state index contributed by atoms with van der Waals surface area (Å²) in [4.78, 5) is 38.9. The van der Waals surface area contributed by atoms with Crippen LogP contribution < -0.4 is 10.6 Å². The molecule has 0 aromatic heterocycles. The molecule has 0 saturated carbocycles. The third kappa shape index (κ3) is 5.97.